The van der Waals surface area contributed by atoms with Crippen molar-refractivity contribution < 1.29 is 13.2 Å². The van der Waals surface area contributed by atoms with Crippen LogP contribution in [0.25, 0.3) is 5.78 Å². The SMILES string of the molecule is CC[C@H](C)CN1Cc2c(N[C@H](C)c3cccc(C(F)(F)F)c3C)nc3ncc(C)n3c2C1. The van der Waals surface area contributed by atoms with Gasteiger partial charge in [-0.05, 0) is 43.9 Å². The summed E-state index contributed by atoms with van der Waals surface area (Å²) in [5, 5.41) is 3.41. The number of imidazole rings is 1. The van der Waals surface area contributed by atoms with Gasteiger partial charge in [0, 0.05) is 36.6 Å². The van der Waals surface area contributed by atoms with Crippen molar-refractivity contribution >= 4 is 11.6 Å². The maximum absolute atomic E-state index is 13.4. The smallest absolute Gasteiger partial charge is 0.363 e. The van der Waals surface area contributed by atoms with Crippen LogP contribution in [0.15, 0.2) is 24.4 Å². The van der Waals surface area contributed by atoms with E-state index in [-0.39, 0.29) is 11.6 Å². The van der Waals surface area contributed by atoms with Crippen LogP contribution in [-0.2, 0) is 19.3 Å². The van der Waals surface area contributed by atoms with Gasteiger partial charge in [-0.15, -0.1) is 0 Å². The maximum atomic E-state index is 13.4. The van der Waals surface area contributed by atoms with Crippen LogP contribution in [0.4, 0.5) is 19.0 Å². The minimum absolute atomic E-state index is 0.243. The number of hydrogen-bond donors (Lipinski definition) is 1. The Morgan fingerprint density at radius 1 is 1.16 bits per heavy atom. The number of fused-ring (bicyclic) bond motifs is 3. The van der Waals surface area contributed by atoms with E-state index in [1.165, 1.54) is 13.0 Å². The topological polar surface area (TPSA) is 45.5 Å². The van der Waals surface area contributed by atoms with Gasteiger partial charge in [-0.25, -0.2) is 4.98 Å². The molecule has 2 aromatic heterocycles. The average Bonchev–Trinajstić information content (AvgIpc) is 3.30. The van der Waals surface area contributed by atoms with Crippen molar-refractivity contribution in [1.82, 2.24) is 19.3 Å². The molecule has 3 heterocycles. The lowest BCUT2D eigenvalue weighted by Gasteiger charge is -2.22. The summed E-state index contributed by atoms with van der Waals surface area (Å²) in [6.07, 6.45) is -1.45. The van der Waals surface area contributed by atoms with E-state index in [0.717, 1.165) is 49.1 Å². The molecule has 8 heteroatoms. The van der Waals surface area contributed by atoms with Crippen molar-refractivity contribution in [2.45, 2.75) is 66.3 Å². The molecule has 0 amide bonds. The highest BCUT2D eigenvalue weighted by Gasteiger charge is 2.34. The number of anilines is 1. The average molecular weight is 446 g/mol. The Morgan fingerprint density at radius 2 is 1.91 bits per heavy atom. The first kappa shape index (κ1) is 22.6. The van der Waals surface area contributed by atoms with E-state index in [4.69, 9.17) is 4.98 Å². The molecule has 0 saturated heterocycles. The molecular formula is C24H30F3N5. The van der Waals surface area contributed by atoms with E-state index in [2.05, 4.69) is 33.4 Å². The van der Waals surface area contributed by atoms with Crippen molar-refractivity contribution in [2.24, 2.45) is 5.92 Å². The van der Waals surface area contributed by atoms with Crippen molar-refractivity contribution in [3.8, 4) is 0 Å². The summed E-state index contributed by atoms with van der Waals surface area (Å²) in [5.41, 5.74) is 3.54. The largest absolute Gasteiger partial charge is 0.416 e. The summed E-state index contributed by atoms with van der Waals surface area (Å²) in [6.45, 7) is 12.4. The van der Waals surface area contributed by atoms with Crippen LogP contribution in [0.2, 0.25) is 0 Å². The first-order valence-corrected chi connectivity index (χ1v) is 11.1. The van der Waals surface area contributed by atoms with E-state index in [1.807, 2.05) is 20.0 Å². The van der Waals surface area contributed by atoms with Crippen LogP contribution >= 0.6 is 0 Å². The Hall–Kier alpha value is -2.61. The Bertz CT molecular complexity index is 1130. The van der Waals surface area contributed by atoms with E-state index in [9.17, 15) is 13.2 Å². The molecular weight excluding hydrogens is 415 g/mol. The summed E-state index contributed by atoms with van der Waals surface area (Å²) < 4.78 is 42.3. The van der Waals surface area contributed by atoms with Crippen molar-refractivity contribution in [3.63, 3.8) is 0 Å². The Labute approximate surface area is 186 Å². The summed E-state index contributed by atoms with van der Waals surface area (Å²) in [5.74, 6) is 1.90. The lowest BCUT2D eigenvalue weighted by Crippen LogP contribution is -2.23. The molecule has 32 heavy (non-hydrogen) atoms. The maximum Gasteiger partial charge on any atom is 0.416 e. The fraction of sp³-hybridized carbons (Fsp3) is 0.500. The molecule has 0 spiro atoms. The summed E-state index contributed by atoms with van der Waals surface area (Å²) in [6, 6.07) is 4.01. The van der Waals surface area contributed by atoms with Gasteiger partial charge in [0.15, 0.2) is 0 Å². The number of rotatable bonds is 6. The normalized spacial score (nSPS) is 16.4. The lowest BCUT2D eigenvalue weighted by atomic mass is 9.97. The summed E-state index contributed by atoms with van der Waals surface area (Å²) in [7, 11) is 0. The fourth-order valence-corrected chi connectivity index (χ4v) is 4.63. The number of hydrogen-bond acceptors (Lipinski definition) is 4. The molecule has 1 aromatic carbocycles. The molecule has 4 rings (SSSR count). The molecule has 1 aliphatic heterocycles. The van der Waals surface area contributed by atoms with Gasteiger partial charge in [-0.1, -0.05) is 32.4 Å². The molecule has 0 saturated carbocycles. The summed E-state index contributed by atoms with van der Waals surface area (Å²) >= 11 is 0. The molecule has 2 atom stereocenters. The highest BCUT2D eigenvalue weighted by Crippen LogP contribution is 2.36. The van der Waals surface area contributed by atoms with Gasteiger partial charge >= 0.3 is 6.18 Å². The van der Waals surface area contributed by atoms with Gasteiger partial charge in [0.05, 0.1) is 17.8 Å². The quantitative estimate of drug-likeness (QED) is 0.513. The van der Waals surface area contributed by atoms with Gasteiger partial charge in [0.1, 0.15) is 5.82 Å². The molecule has 0 fully saturated rings. The number of aromatic nitrogens is 3. The van der Waals surface area contributed by atoms with Crippen LogP contribution in [-0.4, -0.2) is 25.8 Å². The summed E-state index contributed by atoms with van der Waals surface area (Å²) in [4.78, 5) is 11.6. The molecule has 172 valence electrons. The van der Waals surface area contributed by atoms with E-state index in [0.29, 0.717) is 23.1 Å². The first-order chi connectivity index (χ1) is 15.1. The van der Waals surface area contributed by atoms with Crippen LogP contribution in [0.1, 0.15) is 66.9 Å². The number of aryl methyl sites for hydroxylation is 1. The first-order valence-electron chi connectivity index (χ1n) is 11.1. The zero-order valence-corrected chi connectivity index (χ0v) is 19.2. The Kier molecular flexibility index (Phi) is 5.92. The number of benzene rings is 1. The third kappa shape index (κ3) is 4.08. The molecule has 3 aromatic rings. The van der Waals surface area contributed by atoms with Crippen molar-refractivity contribution in [2.75, 3.05) is 11.9 Å². The molecule has 0 aliphatic carbocycles. The monoisotopic (exact) mass is 445 g/mol. The number of nitrogens with zero attached hydrogens (tertiary/aromatic N) is 4. The van der Waals surface area contributed by atoms with Crippen LogP contribution in [0.3, 0.4) is 0 Å². The Morgan fingerprint density at radius 3 is 2.59 bits per heavy atom. The third-order valence-corrected chi connectivity index (χ3v) is 6.56. The molecule has 0 bridgehead atoms. The predicted octanol–water partition coefficient (Wildman–Crippen LogP) is 5.90. The van der Waals surface area contributed by atoms with Crippen LogP contribution in [0, 0.1) is 19.8 Å². The molecule has 1 aliphatic rings. The molecule has 0 radical (unpaired) electrons. The fourth-order valence-electron chi connectivity index (χ4n) is 4.63. The molecule has 1 N–H and O–H groups in total. The lowest BCUT2D eigenvalue weighted by molar-refractivity contribution is -0.138. The second-order valence-electron chi connectivity index (χ2n) is 8.99. The molecule has 5 nitrogen and oxygen atoms in total. The highest BCUT2D eigenvalue weighted by molar-refractivity contribution is 5.56. The Balaban J connectivity index is 1.70. The zero-order valence-electron chi connectivity index (χ0n) is 19.2. The van der Waals surface area contributed by atoms with Gasteiger partial charge in [-0.3, -0.25) is 9.30 Å². The zero-order chi connectivity index (χ0) is 23.2. The number of halogens is 3. The highest BCUT2D eigenvalue weighted by atomic mass is 19.4. The van der Waals surface area contributed by atoms with Crippen LogP contribution < -0.4 is 5.32 Å². The molecule has 0 unspecified atom stereocenters. The van der Waals surface area contributed by atoms with Gasteiger partial charge < -0.3 is 5.32 Å². The minimum Gasteiger partial charge on any atom is -0.363 e. The van der Waals surface area contributed by atoms with E-state index < -0.39 is 11.7 Å². The number of nitrogens with one attached hydrogen (secondary N) is 1. The number of alkyl halides is 3. The third-order valence-electron chi connectivity index (χ3n) is 6.56. The standard InChI is InChI=1S/C24H30F3N5/c1-6-14(2)11-31-12-19-21(13-31)32-15(3)10-28-23(32)30-22(19)29-17(5)18-8-7-9-20(16(18)4)24(25,26)27/h7-10,14,17H,6,11-13H2,1-5H3,(H,28,29,30)/t14-,17+/m0/s1. The van der Waals surface area contributed by atoms with E-state index in [1.54, 1.807) is 6.07 Å². The van der Waals surface area contributed by atoms with Crippen molar-refractivity contribution in [1.29, 1.82) is 0 Å². The van der Waals surface area contributed by atoms with Crippen LogP contribution in [0.5, 0.6) is 0 Å². The second-order valence-corrected chi connectivity index (χ2v) is 8.99. The van der Waals surface area contributed by atoms with Crippen molar-refractivity contribution in [3.05, 3.63) is 58.0 Å². The second kappa shape index (κ2) is 8.39. The van der Waals surface area contributed by atoms with Gasteiger partial charge in [0.25, 0.3) is 0 Å². The van der Waals surface area contributed by atoms with E-state index >= 15 is 0 Å². The predicted molar refractivity (Wildman–Crippen MR) is 120 cm³/mol. The minimum atomic E-state index is -4.37. The van der Waals surface area contributed by atoms with Gasteiger partial charge in [-0.2, -0.15) is 18.2 Å². The van der Waals surface area contributed by atoms with Gasteiger partial charge in [0.2, 0.25) is 5.78 Å².